The summed E-state index contributed by atoms with van der Waals surface area (Å²) in [5.74, 6) is -1.00. The molecule has 0 bridgehead atoms. The molecule has 0 spiro atoms. The van der Waals surface area contributed by atoms with Crippen LogP contribution in [-0.4, -0.2) is 11.7 Å². The molecule has 1 aliphatic carbocycles. The number of dihydropyridines is 1. The largest absolute Gasteiger partial charge is 0.362 e. The molecule has 0 saturated carbocycles. The molecule has 2 N–H and O–H groups in total. The van der Waals surface area contributed by atoms with Gasteiger partial charge in [0.2, 0.25) is 0 Å². The SMILES string of the molecule is CC1=C(C(=O)Nc2ccc(F)cc2)[C@@H](c2ccccc2C)C2=C(C[C@H](c3ccccc3)CC2=O)N1. The van der Waals surface area contributed by atoms with Crippen LogP contribution in [0.25, 0.3) is 0 Å². The summed E-state index contributed by atoms with van der Waals surface area (Å²) in [6.07, 6.45) is 1.11. The predicted octanol–water partition coefficient (Wildman–Crippen LogP) is 6.13. The highest BCUT2D eigenvalue weighted by atomic mass is 19.1. The summed E-state index contributed by atoms with van der Waals surface area (Å²) in [5.41, 5.74) is 6.38. The Labute approximate surface area is 204 Å². The maximum atomic E-state index is 13.7. The van der Waals surface area contributed by atoms with E-state index in [4.69, 9.17) is 0 Å². The lowest BCUT2D eigenvalue weighted by molar-refractivity contribution is -0.116. The number of rotatable bonds is 4. The van der Waals surface area contributed by atoms with Gasteiger partial charge in [-0.2, -0.15) is 0 Å². The maximum absolute atomic E-state index is 13.7. The quantitative estimate of drug-likeness (QED) is 0.486. The number of allylic oxidation sites excluding steroid dienone is 3. The first-order valence-electron chi connectivity index (χ1n) is 11.8. The number of halogens is 1. The van der Waals surface area contributed by atoms with Crippen LogP contribution in [0.3, 0.4) is 0 Å². The van der Waals surface area contributed by atoms with Crippen LogP contribution in [0.15, 0.2) is 101 Å². The van der Waals surface area contributed by atoms with Crippen LogP contribution in [0.4, 0.5) is 10.1 Å². The first-order chi connectivity index (χ1) is 16.9. The van der Waals surface area contributed by atoms with E-state index < -0.39 is 5.92 Å². The van der Waals surface area contributed by atoms with Crippen molar-refractivity contribution in [3.05, 3.63) is 124 Å². The van der Waals surface area contributed by atoms with Crippen LogP contribution in [-0.2, 0) is 9.59 Å². The predicted molar refractivity (Wildman–Crippen MR) is 135 cm³/mol. The van der Waals surface area contributed by atoms with Crippen molar-refractivity contribution in [3.63, 3.8) is 0 Å². The van der Waals surface area contributed by atoms with Crippen LogP contribution in [0, 0.1) is 12.7 Å². The molecule has 3 aromatic rings. The number of aryl methyl sites for hydroxylation is 1. The van der Waals surface area contributed by atoms with Gasteiger partial charge in [0, 0.05) is 40.6 Å². The number of carbonyl (C=O) groups excluding carboxylic acids is 2. The van der Waals surface area contributed by atoms with Gasteiger partial charge in [0.1, 0.15) is 5.82 Å². The molecule has 176 valence electrons. The van der Waals surface area contributed by atoms with Crippen LogP contribution >= 0.6 is 0 Å². The first kappa shape index (κ1) is 22.8. The van der Waals surface area contributed by atoms with E-state index in [2.05, 4.69) is 22.8 Å². The van der Waals surface area contributed by atoms with Gasteiger partial charge in [-0.15, -0.1) is 0 Å². The van der Waals surface area contributed by atoms with Gasteiger partial charge >= 0.3 is 0 Å². The monoisotopic (exact) mass is 466 g/mol. The van der Waals surface area contributed by atoms with E-state index >= 15 is 0 Å². The fourth-order valence-corrected chi connectivity index (χ4v) is 5.25. The lowest BCUT2D eigenvalue weighted by Gasteiger charge is -2.37. The summed E-state index contributed by atoms with van der Waals surface area (Å²) in [6.45, 7) is 3.88. The summed E-state index contributed by atoms with van der Waals surface area (Å²) in [5, 5.41) is 6.31. The van der Waals surface area contributed by atoms with E-state index in [1.54, 1.807) is 0 Å². The average molecular weight is 467 g/mol. The van der Waals surface area contributed by atoms with Gasteiger partial charge in [-0.1, -0.05) is 54.6 Å². The molecule has 4 nitrogen and oxygen atoms in total. The second-order valence-electron chi connectivity index (χ2n) is 9.25. The molecule has 0 fully saturated rings. The van der Waals surface area contributed by atoms with Crippen LogP contribution in [0.2, 0.25) is 0 Å². The number of anilines is 1. The number of hydrogen-bond acceptors (Lipinski definition) is 3. The smallest absolute Gasteiger partial charge is 0.254 e. The number of carbonyl (C=O) groups is 2. The maximum Gasteiger partial charge on any atom is 0.254 e. The van der Waals surface area contributed by atoms with Gasteiger partial charge in [-0.3, -0.25) is 9.59 Å². The minimum absolute atomic E-state index is 0.0560. The van der Waals surface area contributed by atoms with E-state index in [0.29, 0.717) is 29.7 Å². The minimum Gasteiger partial charge on any atom is -0.362 e. The fourth-order valence-electron chi connectivity index (χ4n) is 5.25. The zero-order valence-electron chi connectivity index (χ0n) is 19.8. The third-order valence-corrected chi connectivity index (χ3v) is 6.94. The Morgan fingerprint density at radius 2 is 1.60 bits per heavy atom. The number of hydrogen-bond donors (Lipinski definition) is 2. The molecule has 1 amide bonds. The van der Waals surface area contributed by atoms with Crippen molar-refractivity contribution in [1.82, 2.24) is 5.32 Å². The number of benzene rings is 3. The van der Waals surface area contributed by atoms with Gasteiger partial charge < -0.3 is 10.6 Å². The summed E-state index contributed by atoms with van der Waals surface area (Å²) in [6, 6.07) is 23.7. The standard InChI is InChI=1S/C30H27FN2O2/c1-18-8-6-7-11-24(18)28-27(30(35)33-23-14-12-22(31)13-15-23)19(2)32-25-16-21(17-26(34)29(25)28)20-9-4-3-5-10-20/h3-15,21,28,32H,16-17H2,1-2H3,(H,33,35)/t21-,28+/m0/s1. The molecule has 0 saturated heterocycles. The van der Waals surface area contributed by atoms with Crippen molar-refractivity contribution < 1.29 is 14.0 Å². The molecule has 35 heavy (non-hydrogen) atoms. The molecule has 2 aliphatic rings. The Bertz CT molecular complexity index is 1360. The third kappa shape index (κ3) is 4.42. The number of amides is 1. The van der Waals surface area contributed by atoms with Crippen LogP contribution in [0.5, 0.6) is 0 Å². The van der Waals surface area contributed by atoms with Gasteiger partial charge in [0.25, 0.3) is 5.91 Å². The Balaban J connectivity index is 1.57. The van der Waals surface area contributed by atoms with E-state index in [9.17, 15) is 14.0 Å². The van der Waals surface area contributed by atoms with Gasteiger partial charge in [-0.25, -0.2) is 4.39 Å². The number of nitrogens with one attached hydrogen (secondary N) is 2. The highest BCUT2D eigenvalue weighted by Gasteiger charge is 2.41. The minimum atomic E-state index is -0.475. The molecule has 1 aliphatic heterocycles. The summed E-state index contributed by atoms with van der Waals surface area (Å²) < 4.78 is 13.4. The van der Waals surface area contributed by atoms with Crippen molar-refractivity contribution in [1.29, 1.82) is 0 Å². The van der Waals surface area contributed by atoms with Gasteiger partial charge in [0.05, 0.1) is 0 Å². The molecule has 5 heteroatoms. The van der Waals surface area contributed by atoms with Gasteiger partial charge in [-0.05, 0) is 67.1 Å². The second-order valence-corrected chi connectivity index (χ2v) is 9.25. The normalized spacial score (nSPS) is 19.8. The Morgan fingerprint density at radius 1 is 0.914 bits per heavy atom. The molecule has 0 aromatic heterocycles. The number of Topliss-reactive ketones (excluding diaryl/α,β-unsaturated/α-hetero) is 1. The Hall–Kier alpha value is -3.99. The van der Waals surface area contributed by atoms with Crippen LogP contribution < -0.4 is 10.6 Å². The van der Waals surface area contributed by atoms with E-state index in [0.717, 1.165) is 28.1 Å². The summed E-state index contributed by atoms with van der Waals surface area (Å²) >= 11 is 0. The first-order valence-corrected chi connectivity index (χ1v) is 11.8. The fraction of sp³-hybridized carbons (Fsp3) is 0.200. The molecule has 3 aromatic carbocycles. The molecular formula is C30H27FN2O2. The molecular weight excluding hydrogens is 439 g/mol. The second kappa shape index (κ2) is 9.34. The van der Waals surface area contributed by atoms with Crippen molar-refractivity contribution >= 4 is 17.4 Å². The molecule has 5 rings (SSSR count). The molecule has 1 heterocycles. The van der Waals surface area contributed by atoms with E-state index in [1.807, 2.05) is 56.3 Å². The summed E-state index contributed by atoms with van der Waals surface area (Å²) in [7, 11) is 0. The zero-order chi connectivity index (χ0) is 24.5. The van der Waals surface area contributed by atoms with Crippen molar-refractivity contribution in [2.45, 2.75) is 38.5 Å². The highest BCUT2D eigenvalue weighted by molar-refractivity contribution is 6.10. The van der Waals surface area contributed by atoms with E-state index in [-0.39, 0.29) is 23.4 Å². The Morgan fingerprint density at radius 3 is 2.31 bits per heavy atom. The van der Waals surface area contributed by atoms with Crippen LogP contribution in [0.1, 0.15) is 48.3 Å². The molecule has 0 radical (unpaired) electrons. The van der Waals surface area contributed by atoms with E-state index in [1.165, 1.54) is 24.3 Å². The lowest BCUT2D eigenvalue weighted by Crippen LogP contribution is -2.37. The Kier molecular flexibility index (Phi) is 6.08. The summed E-state index contributed by atoms with van der Waals surface area (Å²) in [4.78, 5) is 27.3. The number of ketones is 1. The highest BCUT2D eigenvalue weighted by Crippen LogP contribution is 2.46. The van der Waals surface area contributed by atoms with Crippen molar-refractivity contribution in [2.24, 2.45) is 0 Å². The van der Waals surface area contributed by atoms with Crippen molar-refractivity contribution in [3.8, 4) is 0 Å². The van der Waals surface area contributed by atoms with Crippen molar-refractivity contribution in [2.75, 3.05) is 5.32 Å². The van der Waals surface area contributed by atoms with Gasteiger partial charge in [0.15, 0.2) is 5.78 Å². The molecule has 2 atom stereocenters. The average Bonchev–Trinajstić information content (AvgIpc) is 2.85. The third-order valence-electron chi connectivity index (χ3n) is 6.94. The topological polar surface area (TPSA) is 58.2 Å². The lowest BCUT2D eigenvalue weighted by atomic mass is 9.71. The zero-order valence-corrected chi connectivity index (χ0v) is 19.8. The molecule has 0 unspecified atom stereocenters.